The number of anilines is 1. The van der Waals surface area contributed by atoms with E-state index in [2.05, 4.69) is 22.5 Å². The predicted molar refractivity (Wildman–Crippen MR) is 189 cm³/mol. The lowest BCUT2D eigenvalue weighted by Crippen LogP contribution is -2.60. The average molecular weight is 688 g/mol. The minimum atomic E-state index is -1.04. The number of carbonyl (C=O) groups is 3. The lowest BCUT2D eigenvalue weighted by atomic mass is 9.88. The fourth-order valence-electron chi connectivity index (χ4n) is 8.34. The highest BCUT2D eigenvalue weighted by Crippen LogP contribution is 2.29. The molecule has 3 saturated heterocycles. The highest BCUT2D eigenvalue weighted by molar-refractivity contribution is 5.91. The summed E-state index contributed by atoms with van der Waals surface area (Å²) < 4.78 is 13.1. The molecule has 2 aromatic carbocycles. The molecule has 4 aliphatic heterocycles. The number of piperidine rings is 2. The molecule has 5 heterocycles. The Bertz CT molecular complexity index is 1800. The van der Waals surface area contributed by atoms with Gasteiger partial charge in [-0.1, -0.05) is 24.3 Å². The van der Waals surface area contributed by atoms with Gasteiger partial charge in [-0.15, -0.1) is 0 Å². The van der Waals surface area contributed by atoms with E-state index in [0.717, 1.165) is 67.8 Å². The van der Waals surface area contributed by atoms with Crippen molar-refractivity contribution in [2.45, 2.75) is 70.1 Å². The Hall–Kier alpha value is -4.36. The second kappa shape index (κ2) is 14.1. The first-order valence-corrected chi connectivity index (χ1v) is 18.0. The van der Waals surface area contributed by atoms with Crippen LogP contribution in [0.1, 0.15) is 49.3 Å². The number of nitrogens with zero attached hydrogens (tertiary/aromatic N) is 5. The van der Waals surface area contributed by atoms with Crippen LogP contribution in [0.25, 0.3) is 11.1 Å². The quantitative estimate of drug-likeness (QED) is 0.404. The van der Waals surface area contributed by atoms with Gasteiger partial charge in [-0.05, 0) is 87.9 Å². The molecular weight excluding hydrogens is 638 g/mol. The van der Waals surface area contributed by atoms with Crippen molar-refractivity contribution in [2.75, 3.05) is 64.2 Å². The lowest BCUT2D eigenvalue weighted by molar-refractivity contribution is -0.143. The van der Waals surface area contributed by atoms with Crippen LogP contribution in [0.15, 0.2) is 45.6 Å². The minimum absolute atomic E-state index is 0.000813. The Kier molecular flexibility index (Phi) is 9.62. The Morgan fingerprint density at radius 1 is 0.980 bits per heavy atom. The third-order valence-corrected chi connectivity index (χ3v) is 11.4. The van der Waals surface area contributed by atoms with Crippen LogP contribution in [0.2, 0.25) is 0 Å². The maximum absolute atomic E-state index is 14.2. The molecule has 0 aliphatic carbocycles. The fraction of sp³-hybridized carbons (Fsp3) is 0.568. The van der Waals surface area contributed by atoms with Crippen molar-refractivity contribution in [2.24, 2.45) is 7.05 Å². The molecule has 4 aliphatic rings. The van der Waals surface area contributed by atoms with E-state index >= 15 is 0 Å². The van der Waals surface area contributed by atoms with Crippen molar-refractivity contribution in [3.63, 3.8) is 0 Å². The number of amides is 4. The highest BCUT2D eigenvalue weighted by Gasteiger charge is 2.39. The minimum Gasteiger partial charge on any atom is -0.436 e. The molecule has 1 aromatic heterocycles. The van der Waals surface area contributed by atoms with Gasteiger partial charge in [0.2, 0.25) is 0 Å². The van der Waals surface area contributed by atoms with E-state index in [-0.39, 0.29) is 29.9 Å². The van der Waals surface area contributed by atoms with Crippen LogP contribution in [0.5, 0.6) is 0 Å². The number of nitrogens with one attached hydrogen (secondary N) is 2. The normalized spacial score (nSPS) is 21.0. The Morgan fingerprint density at radius 3 is 2.44 bits per heavy atom. The molecule has 7 rings (SSSR count). The molecule has 0 saturated carbocycles. The largest absolute Gasteiger partial charge is 0.436 e. The molecule has 50 heavy (non-hydrogen) atoms. The van der Waals surface area contributed by atoms with Crippen LogP contribution in [0.4, 0.5) is 15.3 Å². The van der Waals surface area contributed by atoms with Crippen molar-refractivity contribution >= 4 is 34.8 Å². The van der Waals surface area contributed by atoms with E-state index in [4.69, 9.17) is 9.15 Å². The Morgan fingerprint density at radius 2 is 1.70 bits per heavy atom. The number of urea groups is 1. The molecule has 0 spiro atoms. The summed E-state index contributed by atoms with van der Waals surface area (Å²) in [5, 5.41) is 6.49. The lowest BCUT2D eigenvalue weighted by Gasteiger charge is -2.48. The highest BCUT2D eigenvalue weighted by atomic mass is 16.6. The average Bonchev–Trinajstić information content (AvgIpc) is 3.30. The first-order chi connectivity index (χ1) is 24.1. The third kappa shape index (κ3) is 6.85. The second-order valence-corrected chi connectivity index (χ2v) is 14.6. The van der Waals surface area contributed by atoms with E-state index in [9.17, 15) is 19.2 Å². The van der Waals surface area contributed by atoms with Crippen molar-refractivity contribution in [1.82, 2.24) is 29.5 Å². The summed E-state index contributed by atoms with van der Waals surface area (Å²) in [7, 11) is 1.67. The maximum atomic E-state index is 14.2. The molecule has 2 N–H and O–H groups in total. The van der Waals surface area contributed by atoms with Crippen LogP contribution >= 0.6 is 0 Å². The second-order valence-electron chi connectivity index (χ2n) is 14.6. The van der Waals surface area contributed by atoms with Crippen LogP contribution < -0.4 is 16.4 Å². The first-order valence-electron chi connectivity index (χ1n) is 18.0. The van der Waals surface area contributed by atoms with Crippen LogP contribution in [-0.4, -0.2) is 119 Å². The predicted octanol–water partition coefficient (Wildman–Crippen LogP) is 3.33. The molecule has 13 heteroatoms. The van der Waals surface area contributed by atoms with Gasteiger partial charge in [0, 0.05) is 76.5 Å². The number of fused-ring (bicyclic) bond motifs is 2. The van der Waals surface area contributed by atoms with Gasteiger partial charge in [-0.3, -0.25) is 14.3 Å². The molecule has 0 radical (unpaired) electrons. The molecule has 3 fully saturated rings. The number of hydrogen-bond donors (Lipinski definition) is 2. The van der Waals surface area contributed by atoms with E-state index < -0.39 is 18.0 Å². The number of aromatic nitrogens is 1. The van der Waals surface area contributed by atoms with Crippen molar-refractivity contribution < 1.29 is 23.5 Å². The van der Waals surface area contributed by atoms with E-state index in [1.807, 2.05) is 47.1 Å². The van der Waals surface area contributed by atoms with Crippen molar-refractivity contribution in [3.05, 3.63) is 63.6 Å². The molecule has 268 valence electrons. The number of rotatable bonds is 6. The summed E-state index contributed by atoms with van der Waals surface area (Å²) in [4.78, 5) is 61.2. The Labute approximate surface area is 292 Å². The number of hydrogen-bond acceptors (Lipinski definition) is 8. The standard InChI is InChI=1S/C37H49N7O6/c1-25-22-26(23-30-32(25)40(3)35(47)49-30)24-31(33(45)41-18-20-43(21-19-41)37(2)11-13-38-14-12-37)50-36(48)42-15-9-28(10-16-42)44-17-8-27-6-4-5-7-29(27)39-34(44)46/h4-7,22-23,28,31,38H,8-21,24H2,1-3H3,(H,39,46)/t31-/m1/s1. The van der Waals surface area contributed by atoms with Gasteiger partial charge in [-0.25, -0.2) is 14.4 Å². The molecule has 3 aromatic rings. The number of para-hydroxylation sites is 1. The van der Waals surface area contributed by atoms with Crippen molar-refractivity contribution in [3.8, 4) is 0 Å². The molecule has 4 amide bonds. The number of carbonyl (C=O) groups excluding carboxylic acids is 3. The summed E-state index contributed by atoms with van der Waals surface area (Å²) in [6.45, 7) is 10.3. The summed E-state index contributed by atoms with van der Waals surface area (Å²) in [5.41, 5.74) is 4.82. The summed E-state index contributed by atoms with van der Waals surface area (Å²) in [6.07, 6.45) is 2.75. The zero-order valence-electron chi connectivity index (χ0n) is 29.4. The van der Waals surface area contributed by atoms with E-state index in [0.29, 0.717) is 56.7 Å². The van der Waals surface area contributed by atoms with Crippen LogP contribution in [-0.2, 0) is 29.4 Å². The van der Waals surface area contributed by atoms with Gasteiger partial charge in [0.1, 0.15) is 0 Å². The van der Waals surface area contributed by atoms with Crippen molar-refractivity contribution in [1.29, 1.82) is 0 Å². The zero-order valence-corrected chi connectivity index (χ0v) is 29.4. The van der Waals surface area contributed by atoms with Gasteiger partial charge in [0.25, 0.3) is 5.91 Å². The summed E-state index contributed by atoms with van der Waals surface area (Å²) in [6, 6.07) is 11.5. The SMILES string of the molecule is Cc1cc(C[C@@H](OC(=O)N2CCC(N3CCc4ccccc4NC3=O)CC2)C(=O)N2CCN(C3(C)CCNCC3)CC2)cc2oc(=O)n(C)c12. The fourth-order valence-corrected chi connectivity index (χ4v) is 8.34. The number of ether oxygens (including phenoxy) is 1. The number of benzene rings is 2. The van der Waals surface area contributed by atoms with E-state index in [1.165, 1.54) is 4.57 Å². The molecular formula is C37H49N7O6. The topological polar surface area (TPSA) is 133 Å². The number of piperazine rings is 1. The van der Waals surface area contributed by atoms with Crippen LogP contribution in [0, 0.1) is 6.92 Å². The number of oxazole rings is 1. The van der Waals surface area contributed by atoms with Gasteiger partial charge in [-0.2, -0.15) is 0 Å². The van der Waals surface area contributed by atoms with E-state index in [1.54, 1.807) is 18.0 Å². The smallest absolute Gasteiger partial charge is 0.419 e. The summed E-state index contributed by atoms with van der Waals surface area (Å²) in [5.74, 6) is -0.665. The van der Waals surface area contributed by atoms with Gasteiger partial charge in [0.15, 0.2) is 11.7 Å². The molecule has 0 unspecified atom stereocenters. The summed E-state index contributed by atoms with van der Waals surface area (Å²) >= 11 is 0. The molecule has 0 bridgehead atoms. The number of aryl methyl sites for hydroxylation is 2. The third-order valence-electron chi connectivity index (χ3n) is 11.4. The monoisotopic (exact) mass is 687 g/mol. The Balaban J connectivity index is 1.03. The van der Waals surface area contributed by atoms with Gasteiger partial charge in [0.05, 0.1) is 5.52 Å². The zero-order chi connectivity index (χ0) is 35.0. The molecule has 13 nitrogen and oxygen atoms in total. The maximum Gasteiger partial charge on any atom is 0.419 e. The number of likely N-dealkylation sites (tertiary alicyclic amines) is 1. The van der Waals surface area contributed by atoms with Gasteiger partial charge >= 0.3 is 17.9 Å². The van der Waals surface area contributed by atoms with Crippen LogP contribution in [0.3, 0.4) is 0 Å². The first kappa shape index (κ1) is 34.1. The van der Waals surface area contributed by atoms with Gasteiger partial charge < -0.3 is 34.5 Å². The molecule has 1 atom stereocenters.